The summed E-state index contributed by atoms with van der Waals surface area (Å²) in [6, 6.07) is 11.3. The van der Waals surface area contributed by atoms with E-state index in [4.69, 9.17) is 30.8 Å². The van der Waals surface area contributed by atoms with E-state index in [0.29, 0.717) is 35.6 Å². The highest BCUT2D eigenvalue weighted by molar-refractivity contribution is 6.31. The van der Waals surface area contributed by atoms with E-state index in [0.717, 1.165) is 41.2 Å². The third-order valence-corrected chi connectivity index (χ3v) is 5.45. The summed E-state index contributed by atoms with van der Waals surface area (Å²) in [5.41, 5.74) is 2.36. The molecule has 1 aliphatic rings. The summed E-state index contributed by atoms with van der Waals surface area (Å²) in [5, 5.41) is 10.5. The fourth-order valence-electron chi connectivity index (χ4n) is 3.73. The molecule has 154 valence electrons. The Morgan fingerprint density at radius 1 is 0.967 bits per heavy atom. The summed E-state index contributed by atoms with van der Waals surface area (Å²) in [6.45, 7) is 2.75. The van der Waals surface area contributed by atoms with Gasteiger partial charge in [0.1, 0.15) is 0 Å². The molecule has 0 saturated carbocycles. The van der Waals surface area contributed by atoms with E-state index in [1.807, 2.05) is 40.8 Å². The number of anilines is 1. The number of halogens is 1. The Labute approximate surface area is 178 Å². The zero-order valence-corrected chi connectivity index (χ0v) is 17.4. The molecule has 2 aromatic carbocycles. The van der Waals surface area contributed by atoms with Gasteiger partial charge in [-0.05, 0) is 36.4 Å². The molecule has 30 heavy (non-hydrogen) atoms. The lowest BCUT2D eigenvalue weighted by atomic mass is 10.2. The van der Waals surface area contributed by atoms with Gasteiger partial charge in [0.2, 0.25) is 5.95 Å². The summed E-state index contributed by atoms with van der Waals surface area (Å²) in [4.78, 5) is 7.12. The molecule has 0 aliphatic carbocycles. The molecule has 0 spiro atoms. The monoisotopic (exact) mass is 425 g/mol. The van der Waals surface area contributed by atoms with E-state index in [1.54, 1.807) is 14.2 Å². The third kappa shape index (κ3) is 3.09. The highest BCUT2D eigenvalue weighted by atomic mass is 35.5. The normalized spacial score (nSPS) is 14.4. The van der Waals surface area contributed by atoms with Crippen molar-refractivity contribution in [2.45, 2.75) is 0 Å². The van der Waals surface area contributed by atoms with Gasteiger partial charge in [-0.3, -0.25) is 0 Å². The average molecular weight is 426 g/mol. The maximum Gasteiger partial charge on any atom is 0.213 e. The lowest BCUT2D eigenvalue weighted by Crippen LogP contribution is -2.38. The number of hydrogen-bond acceptors (Lipinski definition) is 7. The van der Waals surface area contributed by atoms with Crippen LogP contribution in [0.2, 0.25) is 5.02 Å². The molecule has 1 aliphatic heterocycles. The number of methoxy groups -OCH3 is 2. The second kappa shape index (κ2) is 7.62. The van der Waals surface area contributed by atoms with Crippen LogP contribution in [0.15, 0.2) is 36.4 Å². The minimum absolute atomic E-state index is 0.625. The molecule has 2 aromatic heterocycles. The van der Waals surface area contributed by atoms with Crippen LogP contribution in [0, 0.1) is 0 Å². The zero-order valence-electron chi connectivity index (χ0n) is 16.6. The smallest absolute Gasteiger partial charge is 0.213 e. The predicted octanol–water partition coefficient (Wildman–Crippen LogP) is 3.45. The SMILES string of the molecule is COc1ccc(-c2nnc3c4ccc(Cl)cc4nc(N4CCOCC4)n23)cc1OC. The Balaban J connectivity index is 1.78. The molecule has 0 unspecified atom stereocenters. The van der Waals surface area contributed by atoms with Crippen molar-refractivity contribution >= 4 is 34.1 Å². The van der Waals surface area contributed by atoms with E-state index < -0.39 is 0 Å². The van der Waals surface area contributed by atoms with Gasteiger partial charge in [-0.2, -0.15) is 0 Å². The minimum atomic E-state index is 0.625. The summed E-state index contributed by atoms with van der Waals surface area (Å²) in [6.07, 6.45) is 0. The van der Waals surface area contributed by atoms with E-state index in [-0.39, 0.29) is 0 Å². The first-order chi connectivity index (χ1) is 14.7. The van der Waals surface area contributed by atoms with Gasteiger partial charge in [0.25, 0.3) is 0 Å². The van der Waals surface area contributed by atoms with Crippen molar-refractivity contribution in [3.05, 3.63) is 41.4 Å². The van der Waals surface area contributed by atoms with Crippen LogP contribution in [0.4, 0.5) is 5.95 Å². The molecule has 1 fully saturated rings. The van der Waals surface area contributed by atoms with Crippen molar-refractivity contribution < 1.29 is 14.2 Å². The average Bonchev–Trinajstić information content (AvgIpc) is 3.23. The molecule has 0 radical (unpaired) electrons. The number of fused-ring (bicyclic) bond motifs is 3. The van der Waals surface area contributed by atoms with Gasteiger partial charge in [0.05, 0.1) is 33.0 Å². The van der Waals surface area contributed by atoms with Crippen LogP contribution in [0.25, 0.3) is 27.9 Å². The number of rotatable bonds is 4. The number of benzene rings is 2. The van der Waals surface area contributed by atoms with E-state index in [2.05, 4.69) is 15.1 Å². The standard InChI is InChI=1S/C21H20ClN5O3/c1-28-17-6-3-13(11-18(17)29-2)19-24-25-20-15-5-4-14(22)12-16(15)23-21(27(19)20)26-7-9-30-10-8-26/h3-6,11-12H,7-10H2,1-2H3. The van der Waals surface area contributed by atoms with Crippen LogP contribution in [0.1, 0.15) is 0 Å². The Hall–Kier alpha value is -3.10. The molecule has 9 heteroatoms. The minimum Gasteiger partial charge on any atom is -0.493 e. The van der Waals surface area contributed by atoms with Crippen molar-refractivity contribution in [3.8, 4) is 22.9 Å². The molecule has 1 saturated heterocycles. The Kier molecular flexibility index (Phi) is 4.80. The number of aromatic nitrogens is 4. The number of ether oxygens (including phenoxy) is 3. The van der Waals surface area contributed by atoms with Crippen molar-refractivity contribution in [3.63, 3.8) is 0 Å². The van der Waals surface area contributed by atoms with E-state index in [1.165, 1.54) is 0 Å². The molecular formula is C21H20ClN5O3. The van der Waals surface area contributed by atoms with Crippen LogP contribution in [0.3, 0.4) is 0 Å². The van der Waals surface area contributed by atoms with Gasteiger partial charge in [-0.25, -0.2) is 9.38 Å². The molecule has 0 bridgehead atoms. The first-order valence-corrected chi connectivity index (χ1v) is 9.97. The lowest BCUT2D eigenvalue weighted by molar-refractivity contribution is 0.122. The molecular weight excluding hydrogens is 406 g/mol. The first kappa shape index (κ1) is 18.9. The number of nitrogens with zero attached hydrogens (tertiary/aromatic N) is 5. The number of hydrogen-bond donors (Lipinski definition) is 0. The Morgan fingerprint density at radius 3 is 2.53 bits per heavy atom. The predicted molar refractivity (Wildman–Crippen MR) is 115 cm³/mol. The third-order valence-electron chi connectivity index (χ3n) is 5.22. The zero-order chi connectivity index (χ0) is 20.7. The summed E-state index contributed by atoms with van der Waals surface area (Å²) < 4.78 is 18.4. The van der Waals surface area contributed by atoms with Crippen LogP contribution in [-0.4, -0.2) is 60.1 Å². The maximum absolute atomic E-state index is 6.23. The molecule has 8 nitrogen and oxygen atoms in total. The Morgan fingerprint density at radius 2 is 1.77 bits per heavy atom. The highest BCUT2D eigenvalue weighted by Gasteiger charge is 2.22. The highest BCUT2D eigenvalue weighted by Crippen LogP contribution is 2.34. The molecule has 0 N–H and O–H groups in total. The summed E-state index contributed by atoms with van der Waals surface area (Å²) >= 11 is 6.23. The van der Waals surface area contributed by atoms with Crippen molar-refractivity contribution in [2.75, 3.05) is 45.4 Å². The molecule has 4 aromatic rings. The molecule has 5 rings (SSSR count). The van der Waals surface area contributed by atoms with Gasteiger partial charge in [-0.1, -0.05) is 11.6 Å². The van der Waals surface area contributed by atoms with E-state index >= 15 is 0 Å². The van der Waals surface area contributed by atoms with Crippen molar-refractivity contribution in [1.29, 1.82) is 0 Å². The number of morpholine rings is 1. The largest absolute Gasteiger partial charge is 0.493 e. The summed E-state index contributed by atoms with van der Waals surface area (Å²) in [5.74, 6) is 2.72. The van der Waals surface area contributed by atoms with Crippen LogP contribution < -0.4 is 14.4 Å². The Bertz CT molecular complexity index is 1240. The van der Waals surface area contributed by atoms with Gasteiger partial charge in [0, 0.05) is 29.1 Å². The van der Waals surface area contributed by atoms with Gasteiger partial charge >= 0.3 is 0 Å². The fourth-order valence-corrected chi connectivity index (χ4v) is 3.90. The molecule has 0 atom stereocenters. The van der Waals surface area contributed by atoms with Crippen LogP contribution in [0.5, 0.6) is 11.5 Å². The lowest BCUT2D eigenvalue weighted by Gasteiger charge is -2.28. The second-order valence-electron chi connectivity index (χ2n) is 6.93. The fraction of sp³-hybridized carbons (Fsp3) is 0.286. The summed E-state index contributed by atoms with van der Waals surface area (Å²) in [7, 11) is 3.23. The van der Waals surface area contributed by atoms with Gasteiger partial charge in [0.15, 0.2) is 23.0 Å². The second-order valence-corrected chi connectivity index (χ2v) is 7.36. The van der Waals surface area contributed by atoms with E-state index in [9.17, 15) is 0 Å². The maximum atomic E-state index is 6.23. The van der Waals surface area contributed by atoms with Crippen molar-refractivity contribution in [1.82, 2.24) is 19.6 Å². The first-order valence-electron chi connectivity index (χ1n) is 9.59. The quantitative estimate of drug-likeness (QED) is 0.495. The van der Waals surface area contributed by atoms with Gasteiger partial charge < -0.3 is 19.1 Å². The van der Waals surface area contributed by atoms with Crippen LogP contribution in [-0.2, 0) is 4.74 Å². The van der Waals surface area contributed by atoms with Crippen LogP contribution >= 0.6 is 11.6 Å². The van der Waals surface area contributed by atoms with Crippen molar-refractivity contribution in [2.24, 2.45) is 0 Å². The topological polar surface area (TPSA) is 74.0 Å². The molecule has 3 heterocycles. The van der Waals surface area contributed by atoms with Gasteiger partial charge in [-0.15, -0.1) is 10.2 Å². The molecule has 0 amide bonds.